The van der Waals surface area contributed by atoms with Crippen LogP contribution in [0.3, 0.4) is 0 Å². The van der Waals surface area contributed by atoms with Gasteiger partial charge in [0.25, 0.3) is 0 Å². The zero-order valence-electron chi connectivity index (χ0n) is 15.3. The Balaban J connectivity index is 3.17. The molecule has 0 fully saturated rings. The standard InChI is InChI=1S/C19H38O4/c1-17(2)13-11-9-7-5-3-4-6-8-10-12-14-19(22)23-16-18(21)15-20/h17-18,20-21H,3-16H2,1-2H3/t18-/m0/s1. The third kappa shape index (κ3) is 17.6. The molecular weight excluding hydrogens is 292 g/mol. The highest BCUT2D eigenvalue weighted by Gasteiger charge is 2.07. The topological polar surface area (TPSA) is 66.8 Å². The molecule has 0 aromatic carbocycles. The quantitative estimate of drug-likeness (QED) is 0.328. The third-order valence-electron chi connectivity index (χ3n) is 4.06. The average molecular weight is 331 g/mol. The Kier molecular flexibility index (Phi) is 15.8. The number of aliphatic hydroxyl groups excluding tert-OH is 2. The number of rotatable bonds is 16. The molecule has 0 heterocycles. The molecule has 0 rings (SSSR count). The molecule has 138 valence electrons. The lowest BCUT2D eigenvalue weighted by Crippen LogP contribution is -2.21. The van der Waals surface area contributed by atoms with Gasteiger partial charge in [-0.15, -0.1) is 0 Å². The van der Waals surface area contributed by atoms with Crippen molar-refractivity contribution in [2.75, 3.05) is 13.2 Å². The maximum absolute atomic E-state index is 11.4. The van der Waals surface area contributed by atoms with Gasteiger partial charge in [-0.05, 0) is 12.3 Å². The van der Waals surface area contributed by atoms with Gasteiger partial charge in [-0.3, -0.25) is 4.79 Å². The number of aliphatic hydroxyl groups is 2. The van der Waals surface area contributed by atoms with Crippen molar-refractivity contribution in [1.82, 2.24) is 0 Å². The summed E-state index contributed by atoms with van der Waals surface area (Å²) >= 11 is 0. The summed E-state index contributed by atoms with van der Waals surface area (Å²) in [5.41, 5.74) is 0. The summed E-state index contributed by atoms with van der Waals surface area (Å²) in [5, 5.41) is 17.7. The van der Waals surface area contributed by atoms with Crippen molar-refractivity contribution in [3.63, 3.8) is 0 Å². The zero-order chi connectivity index (χ0) is 17.3. The van der Waals surface area contributed by atoms with Crippen LogP contribution in [0.4, 0.5) is 0 Å². The Hall–Kier alpha value is -0.610. The van der Waals surface area contributed by atoms with Crippen LogP contribution in [0, 0.1) is 5.92 Å². The predicted octanol–water partition coefficient (Wildman–Crippen LogP) is 4.22. The Labute approximate surface area is 142 Å². The van der Waals surface area contributed by atoms with Gasteiger partial charge in [0.15, 0.2) is 0 Å². The van der Waals surface area contributed by atoms with E-state index in [9.17, 15) is 4.79 Å². The minimum Gasteiger partial charge on any atom is -0.463 e. The molecule has 23 heavy (non-hydrogen) atoms. The minimum atomic E-state index is -0.954. The van der Waals surface area contributed by atoms with Crippen molar-refractivity contribution in [3.8, 4) is 0 Å². The Morgan fingerprint density at radius 1 is 0.870 bits per heavy atom. The molecule has 0 saturated carbocycles. The van der Waals surface area contributed by atoms with Gasteiger partial charge in [0, 0.05) is 6.42 Å². The first-order valence-corrected chi connectivity index (χ1v) is 9.50. The van der Waals surface area contributed by atoms with Crippen molar-refractivity contribution in [2.24, 2.45) is 5.92 Å². The molecule has 0 radical (unpaired) electrons. The van der Waals surface area contributed by atoms with Gasteiger partial charge in [-0.2, -0.15) is 0 Å². The highest BCUT2D eigenvalue weighted by Crippen LogP contribution is 2.13. The van der Waals surface area contributed by atoms with E-state index in [1.807, 2.05) is 0 Å². The average Bonchev–Trinajstić information content (AvgIpc) is 2.53. The van der Waals surface area contributed by atoms with E-state index in [2.05, 4.69) is 13.8 Å². The van der Waals surface area contributed by atoms with Gasteiger partial charge >= 0.3 is 5.97 Å². The van der Waals surface area contributed by atoms with E-state index in [-0.39, 0.29) is 19.2 Å². The molecule has 4 heteroatoms. The first-order valence-electron chi connectivity index (χ1n) is 9.50. The fraction of sp³-hybridized carbons (Fsp3) is 0.947. The van der Waals surface area contributed by atoms with Gasteiger partial charge in [0.1, 0.15) is 12.7 Å². The molecule has 0 unspecified atom stereocenters. The highest BCUT2D eigenvalue weighted by molar-refractivity contribution is 5.69. The summed E-state index contributed by atoms with van der Waals surface area (Å²) in [6, 6.07) is 0. The van der Waals surface area contributed by atoms with Gasteiger partial charge < -0.3 is 14.9 Å². The number of carbonyl (C=O) groups is 1. The summed E-state index contributed by atoms with van der Waals surface area (Å²) in [5.74, 6) is 0.561. The highest BCUT2D eigenvalue weighted by atomic mass is 16.5. The summed E-state index contributed by atoms with van der Waals surface area (Å²) in [6.45, 7) is 4.11. The van der Waals surface area contributed by atoms with Crippen LogP contribution in [0.1, 0.15) is 90.9 Å². The molecule has 0 bridgehead atoms. The number of unbranched alkanes of at least 4 members (excludes halogenated alkanes) is 9. The molecule has 0 aromatic heterocycles. The van der Waals surface area contributed by atoms with Crippen LogP contribution in [0.25, 0.3) is 0 Å². The molecule has 0 aliphatic rings. The van der Waals surface area contributed by atoms with E-state index in [4.69, 9.17) is 14.9 Å². The fourth-order valence-electron chi connectivity index (χ4n) is 2.55. The number of esters is 1. The zero-order valence-corrected chi connectivity index (χ0v) is 15.3. The minimum absolute atomic E-state index is 0.105. The smallest absolute Gasteiger partial charge is 0.305 e. The Morgan fingerprint density at radius 2 is 1.35 bits per heavy atom. The van der Waals surface area contributed by atoms with E-state index in [1.165, 1.54) is 57.8 Å². The van der Waals surface area contributed by atoms with Crippen molar-refractivity contribution in [1.29, 1.82) is 0 Å². The number of ether oxygens (including phenoxy) is 1. The van der Waals surface area contributed by atoms with Crippen LogP contribution in [0.5, 0.6) is 0 Å². The lowest BCUT2D eigenvalue weighted by molar-refractivity contribution is -0.147. The second kappa shape index (κ2) is 16.3. The van der Waals surface area contributed by atoms with Gasteiger partial charge in [-0.25, -0.2) is 0 Å². The molecular formula is C19H38O4. The van der Waals surface area contributed by atoms with E-state index >= 15 is 0 Å². The monoisotopic (exact) mass is 330 g/mol. The van der Waals surface area contributed by atoms with Crippen LogP contribution in [0.15, 0.2) is 0 Å². The summed E-state index contributed by atoms with van der Waals surface area (Å²) < 4.78 is 4.85. The van der Waals surface area contributed by atoms with Crippen LogP contribution in [-0.2, 0) is 9.53 Å². The maximum atomic E-state index is 11.4. The van der Waals surface area contributed by atoms with Gasteiger partial charge in [0.2, 0.25) is 0 Å². The predicted molar refractivity (Wildman–Crippen MR) is 94.3 cm³/mol. The van der Waals surface area contributed by atoms with Crippen LogP contribution in [-0.4, -0.2) is 35.5 Å². The molecule has 0 saturated heterocycles. The number of carbonyl (C=O) groups excluding carboxylic acids is 1. The molecule has 0 aliphatic carbocycles. The van der Waals surface area contributed by atoms with Gasteiger partial charge in [-0.1, -0.05) is 78.1 Å². The molecule has 2 N–H and O–H groups in total. The summed E-state index contributed by atoms with van der Waals surface area (Å²) in [4.78, 5) is 11.4. The van der Waals surface area contributed by atoms with Crippen LogP contribution < -0.4 is 0 Å². The van der Waals surface area contributed by atoms with Gasteiger partial charge in [0.05, 0.1) is 6.61 Å². The van der Waals surface area contributed by atoms with E-state index in [1.54, 1.807) is 0 Å². The number of hydrogen-bond acceptors (Lipinski definition) is 4. The summed E-state index contributed by atoms with van der Waals surface area (Å²) in [6.07, 6.45) is 13.3. The Bertz CT molecular complexity index is 266. The molecule has 0 amide bonds. The molecule has 0 aliphatic heterocycles. The maximum Gasteiger partial charge on any atom is 0.305 e. The Morgan fingerprint density at radius 3 is 1.83 bits per heavy atom. The van der Waals surface area contributed by atoms with Crippen LogP contribution in [0.2, 0.25) is 0 Å². The normalized spacial score (nSPS) is 12.6. The second-order valence-corrected chi connectivity index (χ2v) is 6.99. The third-order valence-corrected chi connectivity index (χ3v) is 4.06. The molecule has 1 atom stereocenters. The number of hydrogen-bond donors (Lipinski definition) is 2. The molecule has 4 nitrogen and oxygen atoms in total. The van der Waals surface area contributed by atoms with Crippen molar-refractivity contribution in [2.45, 2.75) is 97.0 Å². The first kappa shape index (κ1) is 22.4. The van der Waals surface area contributed by atoms with Crippen molar-refractivity contribution >= 4 is 5.97 Å². The van der Waals surface area contributed by atoms with Crippen LogP contribution >= 0.6 is 0 Å². The first-order chi connectivity index (χ1) is 11.1. The van der Waals surface area contributed by atoms with E-state index in [0.717, 1.165) is 18.8 Å². The molecule has 0 aromatic rings. The van der Waals surface area contributed by atoms with Crippen molar-refractivity contribution < 1.29 is 19.7 Å². The second-order valence-electron chi connectivity index (χ2n) is 6.99. The van der Waals surface area contributed by atoms with E-state index < -0.39 is 6.10 Å². The summed E-state index contributed by atoms with van der Waals surface area (Å²) in [7, 11) is 0. The fourth-order valence-corrected chi connectivity index (χ4v) is 2.55. The lowest BCUT2D eigenvalue weighted by atomic mass is 10.0. The SMILES string of the molecule is CC(C)CCCCCCCCCCCCC(=O)OC[C@@H](O)CO. The van der Waals surface area contributed by atoms with Crippen molar-refractivity contribution in [3.05, 3.63) is 0 Å². The largest absolute Gasteiger partial charge is 0.463 e. The lowest BCUT2D eigenvalue weighted by Gasteiger charge is -2.08. The molecule has 0 spiro atoms. The van der Waals surface area contributed by atoms with E-state index in [0.29, 0.717) is 6.42 Å².